The molecule has 0 aliphatic carbocycles. The van der Waals surface area contributed by atoms with Gasteiger partial charge in [-0.2, -0.15) is 0 Å². The fraction of sp³-hybridized carbons (Fsp3) is 0. The Labute approximate surface area is 153 Å². The summed E-state index contributed by atoms with van der Waals surface area (Å²) in [5.74, 6) is -1.06. The van der Waals surface area contributed by atoms with E-state index in [-0.39, 0.29) is 11.3 Å². The number of hydrogen-bond donors (Lipinski definition) is 2. The van der Waals surface area contributed by atoms with E-state index in [1.807, 2.05) is 24.3 Å². The Morgan fingerprint density at radius 3 is 2.44 bits per heavy atom. The Bertz CT molecular complexity index is 1220. The molecule has 0 saturated carbocycles. The number of anilines is 2. The smallest absolute Gasteiger partial charge is 0.337 e. The molecule has 1 aromatic heterocycles. The van der Waals surface area contributed by atoms with Gasteiger partial charge in [0.25, 0.3) is 5.69 Å². The minimum atomic E-state index is -1.06. The van der Waals surface area contributed by atoms with Crippen LogP contribution >= 0.6 is 0 Å². The SMILES string of the molecule is O=C(O)c1ccccc1Nc1c2ccccc2nc2ccc([N+](=O)[O-])cc12. The molecular weight excluding hydrogens is 346 g/mol. The molecule has 0 unspecified atom stereocenters. The van der Waals surface area contributed by atoms with Crippen molar-refractivity contribution in [1.29, 1.82) is 0 Å². The van der Waals surface area contributed by atoms with Crippen molar-refractivity contribution in [3.63, 3.8) is 0 Å². The second-order valence-corrected chi connectivity index (χ2v) is 5.94. The molecule has 0 radical (unpaired) electrons. The van der Waals surface area contributed by atoms with Crippen LogP contribution in [0.1, 0.15) is 10.4 Å². The Morgan fingerprint density at radius 2 is 1.67 bits per heavy atom. The molecule has 0 aliphatic rings. The molecule has 4 aromatic rings. The predicted molar refractivity (Wildman–Crippen MR) is 103 cm³/mol. The highest BCUT2D eigenvalue weighted by atomic mass is 16.6. The molecule has 27 heavy (non-hydrogen) atoms. The van der Waals surface area contributed by atoms with Gasteiger partial charge >= 0.3 is 5.97 Å². The zero-order chi connectivity index (χ0) is 19.0. The monoisotopic (exact) mass is 359 g/mol. The summed E-state index contributed by atoms with van der Waals surface area (Å²) in [6.45, 7) is 0. The Kier molecular flexibility index (Phi) is 3.89. The van der Waals surface area contributed by atoms with E-state index in [1.54, 1.807) is 24.3 Å². The summed E-state index contributed by atoms with van der Waals surface area (Å²) >= 11 is 0. The summed E-state index contributed by atoms with van der Waals surface area (Å²) in [6, 6.07) is 18.3. The van der Waals surface area contributed by atoms with Gasteiger partial charge < -0.3 is 10.4 Å². The Morgan fingerprint density at radius 1 is 0.963 bits per heavy atom. The van der Waals surface area contributed by atoms with Crippen molar-refractivity contribution in [3.8, 4) is 0 Å². The summed E-state index contributed by atoms with van der Waals surface area (Å²) in [7, 11) is 0. The van der Waals surface area contributed by atoms with Crippen molar-refractivity contribution < 1.29 is 14.8 Å². The van der Waals surface area contributed by atoms with E-state index in [0.717, 1.165) is 5.39 Å². The lowest BCUT2D eigenvalue weighted by Gasteiger charge is -2.14. The second-order valence-electron chi connectivity index (χ2n) is 5.94. The number of aromatic carboxylic acids is 1. The number of benzene rings is 3. The molecule has 0 amide bonds. The fourth-order valence-corrected chi connectivity index (χ4v) is 3.04. The number of nitro benzene ring substituents is 1. The van der Waals surface area contributed by atoms with Gasteiger partial charge in [-0.25, -0.2) is 9.78 Å². The molecule has 0 saturated heterocycles. The zero-order valence-corrected chi connectivity index (χ0v) is 13.9. The van der Waals surface area contributed by atoms with E-state index >= 15 is 0 Å². The third kappa shape index (κ3) is 2.91. The highest BCUT2D eigenvalue weighted by molar-refractivity contribution is 6.10. The number of pyridine rings is 1. The number of para-hydroxylation sites is 2. The first-order valence-electron chi connectivity index (χ1n) is 8.11. The number of aromatic nitrogens is 1. The molecule has 1 heterocycles. The number of carboxylic acid groups (broad SMARTS) is 1. The van der Waals surface area contributed by atoms with Crippen LogP contribution in [0.3, 0.4) is 0 Å². The predicted octanol–water partition coefficient (Wildman–Crippen LogP) is 4.74. The van der Waals surface area contributed by atoms with Crippen LogP contribution < -0.4 is 5.32 Å². The number of nitrogens with zero attached hydrogens (tertiary/aromatic N) is 2. The molecule has 7 nitrogen and oxygen atoms in total. The molecule has 0 bridgehead atoms. The molecule has 0 fully saturated rings. The Hall–Kier alpha value is -4.00. The van der Waals surface area contributed by atoms with E-state index in [1.165, 1.54) is 18.2 Å². The van der Waals surface area contributed by atoms with Gasteiger partial charge in [0.15, 0.2) is 0 Å². The fourth-order valence-electron chi connectivity index (χ4n) is 3.04. The first kappa shape index (κ1) is 16.5. The van der Waals surface area contributed by atoms with Crippen LogP contribution in [0.25, 0.3) is 21.8 Å². The van der Waals surface area contributed by atoms with Crippen molar-refractivity contribution in [2.75, 3.05) is 5.32 Å². The average molecular weight is 359 g/mol. The number of carbonyl (C=O) groups is 1. The van der Waals surface area contributed by atoms with Crippen LogP contribution in [-0.4, -0.2) is 21.0 Å². The number of fused-ring (bicyclic) bond motifs is 2. The summed E-state index contributed by atoms with van der Waals surface area (Å²) in [6.07, 6.45) is 0. The lowest BCUT2D eigenvalue weighted by molar-refractivity contribution is -0.384. The zero-order valence-electron chi connectivity index (χ0n) is 13.9. The summed E-state index contributed by atoms with van der Waals surface area (Å²) in [5, 5.41) is 25.1. The Balaban J connectivity index is 2.02. The van der Waals surface area contributed by atoms with Gasteiger partial charge in [0.2, 0.25) is 0 Å². The summed E-state index contributed by atoms with van der Waals surface area (Å²) < 4.78 is 0. The van der Waals surface area contributed by atoms with E-state index in [0.29, 0.717) is 27.8 Å². The maximum absolute atomic E-state index is 11.5. The third-order valence-corrected chi connectivity index (χ3v) is 4.29. The maximum Gasteiger partial charge on any atom is 0.337 e. The van der Waals surface area contributed by atoms with Gasteiger partial charge in [0.1, 0.15) is 0 Å². The van der Waals surface area contributed by atoms with Gasteiger partial charge in [-0.05, 0) is 24.3 Å². The molecule has 0 atom stereocenters. The first-order chi connectivity index (χ1) is 13.0. The van der Waals surface area contributed by atoms with E-state index in [2.05, 4.69) is 10.3 Å². The number of nitro groups is 1. The minimum absolute atomic E-state index is 0.0610. The molecule has 132 valence electrons. The number of hydrogen-bond acceptors (Lipinski definition) is 5. The van der Waals surface area contributed by atoms with Gasteiger partial charge in [-0.1, -0.05) is 30.3 Å². The van der Waals surface area contributed by atoms with Crippen LogP contribution in [0.4, 0.5) is 17.1 Å². The number of rotatable bonds is 4. The maximum atomic E-state index is 11.5. The molecule has 0 spiro atoms. The first-order valence-corrected chi connectivity index (χ1v) is 8.11. The number of carboxylic acids is 1. The van der Waals surface area contributed by atoms with Crippen LogP contribution in [0, 0.1) is 10.1 Å². The van der Waals surface area contributed by atoms with Crippen molar-refractivity contribution in [2.24, 2.45) is 0 Å². The van der Waals surface area contributed by atoms with Crippen LogP contribution in [0.15, 0.2) is 66.7 Å². The third-order valence-electron chi connectivity index (χ3n) is 4.29. The van der Waals surface area contributed by atoms with Crippen molar-refractivity contribution in [1.82, 2.24) is 4.98 Å². The normalized spacial score (nSPS) is 10.8. The molecule has 2 N–H and O–H groups in total. The molecule has 3 aromatic carbocycles. The minimum Gasteiger partial charge on any atom is -0.478 e. The number of nitrogens with one attached hydrogen (secondary N) is 1. The van der Waals surface area contributed by atoms with E-state index < -0.39 is 10.9 Å². The topological polar surface area (TPSA) is 105 Å². The average Bonchev–Trinajstić information content (AvgIpc) is 2.67. The van der Waals surface area contributed by atoms with Gasteiger partial charge in [-0.3, -0.25) is 10.1 Å². The summed E-state index contributed by atoms with van der Waals surface area (Å²) in [4.78, 5) is 26.8. The largest absolute Gasteiger partial charge is 0.478 e. The highest BCUT2D eigenvalue weighted by Gasteiger charge is 2.16. The number of non-ortho nitro benzene ring substituents is 1. The van der Waals surface area contributed by atoms with E-state index in [4.69, 9.17) is 0 Å². The van der Waals surface area contributed by atoms with Crippen molar-refractivity contribution in [2.45, 2.75) is 0 Å². The van der Waals surface area contributed by atoms with Gasteiger partial charge in [0.05, 0.1) is 32.9 Å². The van der Waals surface area contributed by atoms with E-state index in [9.17, 15) is 20.0 Å². The van der Waals surface area contributed by atoms with Gasteiger partial charge in [0, 0.05) is 22.9 Å². The lowest BCUT2D eigenvalue weighted by atomic mass is 10.1. The van der Waals surface area contributed by atoms with Crippen LogP contribution in [-0.2, 0) is 0 Å². The van der Waals surface area contributed by atoms with Crippen molar-refractivity contribution in [3.05, 3.63) is 82.4 Å². The summed E-state index contributed by atoms with van der Waals surface area (Å²) in [5.41, 5.74) is 2.30. The molecule has 7 heteroatoms. The highest BCUT2D eigenvalue weighted by Crippen LogP contribution is 2.35. The van der Waals surface area contributed by atoms with Crippen LogP contribution in [0.5, 0.6) is 0 Å². The van der Waals surface area contributed by atoms with Crippen LogP contribution in [0.2, 0.25) is 0 Å². The quantitative estimate of drug-likeness (QED) is 0.310. The van der Waals surface area contributed by atoms with Gasteiger partial charge in [-0.15, -0.1) is 0 Å². The molecule has 0 aliphatic heterocycles. The second kappa shape index (κ2) is 6.38. The lowest BCUT2D eigenvalue weighted by Crippen LogP contribution is -2.03. The van der Waals surface area contributed by atoms with Crippen molar-refractivity contribution >= 4 is 44.8 Å². The molecule has 4 rings (SSSR count). The standard InChI is InChI=1S/C20H13N3O4/c24-20(25)14-6-2-4-8-17(14)22-19-13-5-1-3-7-16(13)21-18-10-9-12(23(26)27)11-15(18)19/h1-11H,(H,21,22)(H,24,25). The molecular formula is C20H13N3O4.